The van der Waals surface area contributed by atoms with Crippen LogP contribution in [0.5, 0.6) is 11.5 Å². The molecule has 0 saturated carbocycles. The summed E-state index contributed by atoms with van der Waals surface area (Å²) in [6.45, 7) is 8.28. The van der Waals surface area contributed by atoms with Crippen molar-refractivity contribution in [3.63, 3.8) is 0 Å². The number of fused-ring (bicyclic) bond motifs is 1. The lowest BCUT2D eigenvalue weighted by Crippen LogP contribution is -2.39. The summed E-state index contributed by atoms with van der Waals surface area (Å²) in [6, 6.07) is 7.40. The summed E-state index contributed by atoms with van der Waals surface area (Å²) >= 11 is 0. The first kappa shape index (κ1) is 13.7. The number of ether oxygens (including phenoxy) is 2. The molecule has 1 aromatic carbocycles. The summed E-state index contributed by atoms with van der Waals surface area (Å²) in [5, 5.41) is 3.47. The average molecular weight is 276 g/mol. The van der Waals surface area contributed by atoms with Crippen LogP contribution in [-0.2, 0) is 0 Å². The Hall–Kier alpha value is -1.26. The molecule has 2 aliphatic rings. The van der Waals surface area contributed by atoms with Gasteiger partial charge in [0.2, 0.25) is 6.79 Å². The molecule has 2 atom stereocenters. The van der Waals surface area contributed by atoms with E-state index in [2.05, 4.69) is 36.2 Å². The topological polar surface area (TPSA) is 33.7 Å². The van der Waals surface area contributed by atoms with Crippen molar-refractivity contribution in [3.05, 3.63) is 23.8 Å². The molecule has 2 heterocycles. The standard InChI is InChI=1S/C16H24N2O2/c1-3-8-18(14-6-7-17-10-14)12(2)13-4-5-15-16(9-13)20-11-19-15/h4-5,9,12,14,17H,3,6-8,10-11H2,1-2H3. The minimum Gasteiger partial charge on any atom is -0.454 e. The van der Waals surface area contributed by atoms with Crippen LogP contribution in [0.15, 0.2) is 18.2 Å². The number of benzene rings is 1. The van der Waals surface area contributed by atoms with Gasteiger partial charge >= 0.3 is 0 Å². The van der Waals surface area contributed by atoms with E-state index in [0.29, 0.717) is 18.9 Å². The van der Waals surface area contributed by atoms with Crippen molar-refractivity contribution in [1.82, 2.24) is 10.2 Å². The predicted octanol–water partition coefficient (Wildman–Crippen LogP) is 2.55. The number of nitrogens with one attached hydrogen (secondary N) is 1. The fraction of sp³-hybridized carbons (Fsp3) is 0.625. The number of rotatable bonds is 5. The highest BCUT2D eigenvalue weighted by molar-refractivity contribution is 5.45. The van der Waals surface area contributed by atoms with Crippen LogP contribution in [-0.4, -0.2) is 37.4 Å². The lowest BCUT2D eigenvalue weighted by molar-refractivity contribution is 0.153. The van der Waals surface area contributed by atoms with E-state index in [1.165, 1.54) is 18.4 Å². The zero-order chi connectivity index (χ0) is 13.9. The maximum absolute atomic E-state index is 5.50. The summed E-state index contributed by atoms with van der Waals surface area (Å²) in [5.74, 6) is 1.75. The van der Waals surface area contributed by atoms with E-state index in [1.807, 2.05) is 6.07 Å². The third kappa shape index (κ3) is 2.63. The van der Waals surface area contributed by atoms with E-state index in [4.69, 9.17) is 9.47 Å². The van der Waals surface area contributed by atoms with Gasteiger partial charge in [-0.05, 0) is 50.6 Å². The lowest BCUT2D eigenvalue weighted by atomic mass is 10.0. The molecule has 2 aliphatic heterocycles. The first-order valence-electron chi connectivity index (χ1n) is 7.65. The van der Waals surface area contributed by atoms with E-state index in [1.54, 1.807) is 0 Å². The quantitative estimate of drug-likeness (QED) is 0.896. The van der Waals surface area contributed by atoms with Crippen molar-refractivity contribution in [1.29, 1.82) is 0 Å². The molecule has 0 aromatic heterocycles. The molecule has 1 N–H and O–H groups in total. The van der Waals surface area contributed by atoms with Gasteiger partial charge in [0.1, 0.15) is 0 Å². The van der Waals surface area contributed by atoms with Crippen LogP contribution in [0.3, 0.4) is 0 Å². The Balaban J connectivity index is 1.79. The summed E-state index contributed by atoms with van der Waals surface area (Å²) in [7, 11) is 0. The first-order chi connectivity index (χ1) is 9.79. The Morgan fingerprint density at radius 3 is 2.95 bits per heavy atom. The highest BCUT2D eigenvalue weighted by atomic mass is 16.7. The minimum absolute atomic E-state index is 0.346. The Morgan fingerprint density at radius 1 is 1.35 bits per heavy atom. The molecule has 4 heteroatoms. The van der Waals surface area contributed by atoms with Crippen LogP contribution < -0.4 is 14.8 Å². The second kappa shape index (κ2) is 6.02. The third-order valence-corrected chi connectivity index (χ3v) is 4.36. The van der Waals surface area contributed by atoms with Crippen LogP contribution in [0.2, 0.25) is 0 Å². The fourth-order valence-corrected chi connectivity index (χ4v) is 3.24. The minimum atomic E-state index is 0.346. The zero-order valence-electron chi connectivity index (χ0n) is 12.4. The molecule has 0 amide bonds. The van der Waals surface area contributed by atoms with Gasteiger partial charge in [-0.2, -0.15) is 0 Å². The maximum Gasteiger partial charge on any atom is 0.231 e. The van der Waals surface area contributed by atoms with Gasteiger partial charge in [0.05, 0.1) is 0 Å². The molecule has 1 aromatic rings. The Kier molecular flexibility index (Phi) is 4.13. The molecule has 0 radical (unpaired) electrons. The molecule has 0 aliphatic carbocycles. The molecule has 3 rings (SSSR count). The molecular formula is C16H24N2O2. The number of hydrogen-bond donors (Lipinski definition) is 1. The van der Waals surface area contributed by atoms with Crippen molar-refractivity contribution in [2.75, 3.05) is 26.4 Å². The highest BCUT2D eigenvalue weighted by Gasteiger charge is 2.27. The van der Waals surface area contributed by atoms with Crippen LogP contribution in [0.25, 0.3) is 0 Å². The zero-order valence-corrected chi connectivity index (χ0v) is 12.4. The van der Waals surface area contributed by atoms with Crippen LogP contribution in [0, 0.1) is 0 Å². The van der Waals surface area contributed by atoms with Crippen molar-refractivity contribution >= 4 is 0 Å². The lowest BCUT2D eigenvalue weighted by Gasteiger charge is -2.34. The van der Waals surface area contributed by atoms with E-state index < -0.39 is 0 Å². The Bertz CT molecular complexity index is 458. The fourth-order valence-electron chi connectivity index (χ4n) is 3.24. The van der Waals surface area contributed by atoms with Gasteiger partial charge in [-0.15, -0.1) is 0 Å². The van der Waals surface area contributed by atoms with Gasteiger partial charge < -0.3 is 14.8 Å². The highest BCUT2D eigenvalue weighted by Crippen LogP contribution is 2.36. The summed E-state index contributed by atoms with van der Waals surface area (Å²) in [5.41, 5.74) is 1.31. The molecule has 1 fully saturated rings. The van der Waals surface area contributed by atoms with Crippen molar-refractivity contribution < 1.29 is 9.47 Å². The monoisotopic (exact) mass is 276 g/mol. The van der Waals surface area contributed by atoms with Gasteiger partial charge in [0.15, 0.2) is 11.5 Å². The van der Waals surface area contributed by atoms with Gasteiger partial charge in [-0.3, -0.25) is 4.90 Å². The van der Waals surface area contributed by atoms with Crippen LogP contribution >= 0.6 is 0 Å². The van der Waals surface area contributed by atoms with Crippen LogP contribution in [0.1, 0.15) is 38.3 Å². The Labute approximate surface area is 121 Å². The van der Waals surface area contributed by atoms with Crippen molar-refractivity contribution in [2.45, 2.75) is 38.8 Å². The first-order valence-corrected chi connectivity index (χ1v) is 7.65. The number of nitrogens with zero attached hydrogens (tertiary/aromatic N) is 1. The van der Waals surface area contributed by atoms with E-state index >= 15 is 0 Å². The van der Waals surface area contributed by atoms with E-state index in [0.717, 1.165) is 31.1 Å². The normalized spacial score (nSPS) is 22.4. The summed E-state index contributed by atoms with van der Waals surface area (Å²) in [6.07, 6.45) is 2.43. The smallest absolute Gasteiger partial charge is 0.231 e. The summed E-state index contributed by atoms with van der Waals surface area (Å²) in [4.78, 5) is 2.62. The second-order valence-corrected chi connectivity index (χ2v) is 5.67. The predicted molar refractivity (Wildman–Crippen MR) is 79.3 cm³/mol. The molecule has 2 unspecified atom stereocenters. The van der Waals surface area contributed by atoms with Crippen molar-refractivity contribution in [3.8, 4) is 11.5 Å². The van der Waals surface area contributed by atoms with Gasteiger partial charge in [0.25, 0.3) is 0 Å². The molecule has 1 saturated heterocycles. The van der Waals surface area contributed by atoms with E-state index in [9.17, 15) is 0 Å². The molecule has 4 nitrogen and oxygen atoms in total. The van der Waals surface area contributed by atoms with Gasteiger partial charge in [-0.25, -0.2) is 0 Å². The Morgan fingerprint density at radius 2 is 2.20 bits per heavy atom. The van der Waals surface area contributed by atoms with Gasteiger partial charge in [0, 0.05) is 18.6 Å². The maximum atomic E-state index is 5.50. The SMILES string of the molecule is CCCN(C1CCNC1)C(C)c1ccc2c(c1)OCO2. The molecule has 20 heavy (non-hydrogen) atoms. The molecule has 0 bridgehead atoms. The molecular weight excluding hydrogens is 252 g/mol. The second-order valence-electron chi connectivity index (χ2n) is 5.67. The van der Waals surface area contributed by atoms with E-state index in [-0.39, 0.29) is 0 Å². The molecule has 110 valence electrons. The third-order valence-electron chi connectivity index (χ3n) is 4.36. The van der Waals surface area contributed by atoms with Crippen LogP contribution in [0.4, 0.5) is 0 Å². The summed E-state index contributed by atoms with van der Waals surface area (Å²) < 4.78 is 10.9. The van der Waals surface area contributed by atoms with Crippen molar-refractivity contribution in [2.24, 2.45) is 0 Å². The molecule has 0 spiro atoms. The number of hydrogen-bond acceptors (Lipinski definition) is 4. The van der Waals surface area contributed by atoms with Gasteiger partial charge in [-0.1, -0.05) is 13.0 Å². The largest absolute Gasteiger partial charge is 0.454 e. The average Bonchev–Trinajstić information content (AvgIpc) is 3.13.